The van der Waals surface area contributed by atoms with Gasteiger partial charge in [-0.2, -0.15) is 0 Å². The third-order valence-electron chi connectivity index (χ3n) is 2.75. The smallest absolute Gasteiger partial charge is 0.319 e. The van der Waals surface area contributed by atoms with Gasteiger partial charge in [0, 0.05) is 17.8 Å². The lowest BCUT2D eigenvalue weighted by Crippen LogP contribution is -2.28. The van der Waals surface area contributed by atoms with Crippen molar-refractivity contribution in [3.8, 4) is 5.75 Å². The predicted molar refractivity (Wildman–Crippen MR) is 75.3 cm³/mol. The highest BCUT2D eigenvalue weighted by molar-refractivity contribution is 5.89. The van der Waals surface area contributed by atoms with E-state index in [-0.39, 0.29) is 12.4 Å². The molecule has 0 saturated carbocycles. The molecule has 2 aromatic rings. The lowest BCUT2D eigenvalue weighted by atomic mass is 10.2. The molecule has 2 amide bonds. The zero-order valence-electron chi connectivity index (χ0n) is 11.0. The molecule has 2 rings (SSSR count). The Morgan fingerprint density at radius 1 is 1.15 bits per heavy atom. The van der Waals surface area contributed by atoms with Crippen LogP contribution >= 0.6 is 0 Å². The van der Waals surface area contributed by atoms with Crippen LogP contribution < -0.4 is 15.4 Å². The maximum atomic E-state index is 13.4. The van der Waals surface area contributed by atoms with Crippen LogP contribution in [-0.4, -0.2) is 13.1 Å². The summed E-state index contributed by atoms with van der Waals surface area (Å²) < 4.78 is 18.4. The van der Waals surface area contributed by atoms with Gasteiger partial charge in [-0.15, -0.1) is 0 Å². The third-order valence-corrected chi connectivity index (χ3v) is 2.75. The summed E-state index contributed by atoms with van der Waals surface area (Å²) in [6, 6.07) is 12.9. The molecule has 0 heterocycles. The van der Waals surface area contributed by atoms with Crippen LogP contribution in [0.1, 0.15) is 5.56 Å². The molecule has 104 valence electrons. The van der Waals surface area contributed by atoms with E-state index in [1.54, 1.807) is 49.6 Å². The largest absolute Gasteiger partial charge is 0.497 e. The number of ether oxygens (including phenoxy) is 1. The topological polar surface area (TPSA) is 50.4 Å². The number of benzene rings is 2. The predicted octanol–water partition coefficient (Wildman–Crippen LogP) is 3.16. The first-order valence-electron chi connectivity index (χ1n) is 6.11. The highest BCUT2D eigenvalue weighted by Gasteiger charge is 2.04. The highest BCUT2D eigenvalue weighted by atomic mass is 19.1. The minimum absolute atomic E-state index is 0.134. The molecule has 5 heteroatoms. The van der Waals surface area contributed by atoms with Crippen molar-refractivity contribution in [3.05, 3.63) is 59.9 Å². The quantitative estimate of drug-likeness (QED) is 0.899. The molecule has 0 unspecified atom stereocenters. The first-order valence-corrected chi connectivity index (χ1v) is 6.11. The Morgan fingerprint density at radius 2 is 1.85 bits per heavy atom. The van der Waals surface area contributed by atoms with E-state index in [2.05, 4.69) is 10.6 Å². The Morgan fingerprint density at radius 3 is 2.50 bits per heavy atom. The Balaban J connectivity index is 1.87. The molecule has 0 radical (unpaired) electrons. The van der Waals surface area contributed by atoms with E-state index in [4.69, 9.17) is 4.74 Å². The van der Waals surface area contributed by atoms with Crippen LogP contribution in [0.2, 0.25) is 0 Å². The molecular formula is C15H15FN2O2. The van der Waals surface area contributed by atoms with E-state index < -0.39 is 6.03 Å². The highest BCUT2D eigenvalue weighted by Crippen LogP contribution is 2.14. The summed E-state index contributed by atoms with van der Waals surface area (Å²) in [6.45, 7) is 0.134. The number of rotatable bonds is 4. The number of nitrogens with one attached hydrogen (secondary N) is 2. The van der Waals surface area contributed by atoms with E-state index in [0.717, 1.165) is 0 Å². The monoisotopic (exact) mass is 274 g/mol. The fraction of sp³-hybridized carbons (Fsp3) is 0.133. The molecular weight excluding hydrogens is 259 g/mol. The van der Waals surface area contributed by atoms with Crippen molar-refractivity contribution < 1.29 is 13.9 Å². The standard InChI is InChI=1S/C15H15FN2O2/c1-20-13-8-6-12(7-9-13)18-15(19)17-10-11-4-2-3-5-14(11)16/h2-9H,10H2,1H3,(H2,17,18,19). The van der Waals surface area contributed by atoms with Gasteiger partial charge in [0.05, 0.1) is 7.11 Å². The molecule has 0 aliphatic carbocycles. The molecule has 0 saturated heterocycles. The fourth-order valence-corrected chi connectivity index (χ4v) is 1.67. The molecule has 0 atom stereocenters. The van der Waals surface area contributed by atoms with Crippen molar-refractivity contribution in [3.63, 3.8) is 0 Å². The van der Waals surface area contributed by atoms with Gasteiger partial charge in [0.15, 0.2) is 0 Å². The van der Waals surface area contributed by atoms with E-state index in [1.807, 2.05) is 0 Å². The number of urea groups is 1. The van der Waals surface area contributed by atoms with Gasteiger partial charge in [-0.25, -0.2) is 9.18 Å². The zero-order valence-corrected chi connectivity index (χ0v) is 11.0. The van der Waals surface area contributed by atoms with E-state index >= 15 is 0 Å². The second-order valence-corrected chi connectivity index (χ2v) is 4.13. The number of hydrogen-bond acceptors (Lipinski definition) is 2. The van der Waals surface area contributed by atoms with E-state index in [9.17, 15) is 9.18 Å². The van der Waals surface area contributed by atoms with Crippen LogP contribution in [0.25, 0.3) is 0 Å². The van der Waals surface area contributed by atoms with Gasteiger partial charge in [-0.3, -0.25) is 0 Å². The summed E-state index contributed by atoms with van der Waals surface area (Å²) in [5.74, 6) is 0.375. The van der Waals surface area contributed by atoms with Crippen LogP contribution in [-0.2, 0) is 6.54 Å². The van der Waals surface area contributed by atoms with Crippen molar-refractivity contribution >= 4 is 11.7 Å². The van der Waals surface area contributed by atoms with Crippen molar-refractivity contribution in [1.82, 2.24) is 5.32 Å². The molecule has 4 nitrogen and oxygen atoms in total. The lowest BCUT2D eigenvalue weighted by molar-refractivity contribution is 0.251. The second-order valence-electron chi connectivity index (χ2n) is 4.13. The SMILES string of the molecule is COc1ccc(NC(=O)NCc2ccccc2F)cc1. The normalized spacial score (nSPS) is 9.90. The summed E-state index contributed by atoms with van der Waals surface area (Å²) in [6.07, 6.45) is 0. The molecule has 2 N–H and O–H groups in total. The Bertz CT molecular complexity index is 585. The van der Waals surface area contributed by atoms with Crippen LogP contribution in [0.3, 0.4) is 0 Å². The maximum absolute atomic E-state index is 13.4. The van der Waals surface area contributed by atoms with Crippen molar-refractivity contribution in [2.24, 2.45) is 0 Å². The fourth-order valence-electron chi connectivity index (χ4n) is 1.67. The van der Waals surface area contributed by atoms with Crippen LogP contribution in [0.15, 0.2) is 48.5 Å². The summed E-state index contributed by atoms with van der Waals surface area (Å²) >= 11 is 0. The molecule has 0 bridgehead atoms. The average molecular weight is 274 g/mol. The number of carbonyl (C=O) groups excluding carboxylic acids is 1. The summed E-state index contributed by atoms with van der Waals surface area (Å²) in [4.78, 5) is 11.7. The van der Waals surface area contributed by atoms with Crippen LogP contribution in [0.4, 0.5) is 14.9 Å². The number of anilines is 1. The van der Waals surface area contributed by atoms with Crippen molar-refractivity contribution in [2.45, 2.75) is 6.54 Å². The maximum Gasteiger partial charge on any atom is 0.319 e. The summed E-state index contributed by atoms with van der Waals surface area (Å²) in [5.41, 5.74) is 1.08. The Kier molecular flexibility index (Phi) is 4.55. The molecule has 0 spiro atoms. The van der Waals surface area contributed by atoms with Gasteiger partial charge in [0.25, 0.3) is 0 Å². The van der Waals surface area contributed by atoms with Crippen LogP contribution in [0.5, 0.6) is 5.75 Å². The zero-order chi connectivity index (χ0) is 14.4. The molecule has 20 heavy (non-hydrogen) atoms. The summed E-state index contributed by atoms with van der Waals surface area (Å²) in [5, 5.41) is 5.25. The minimum atomic E-state index is -0.390. The van der Waals surface area contributed by atoms with Gasteiger partial charge in [-0.1, -0.05) is 18.2 Å². The van der Waals surface area contributed by atoms with Gasteiger partial charge in [0.2, 0.25) is 0 Å². The van der Waals surface area contributed by atoms with E-state index in [0.29, 0.717) is 17.0 Å². The number of amides is 2. The summed E-state index contributed by atoms with van der Waals surface area (Å²) in [7, 11) is 1.57. The van der Waals surface area contributed by atoms with E-state index in [1.165, 1.54) is 6.07 Å². The molecule has 2 aromatic carbocycles. The lowest BCUT2D eigenvalue weighted by Gasteiger charge is -2.08. The number of hydrogen-bond donors (Lipinski definition) is 2. The molecule has 0 fully saturated rings. The van der Waals surface area contributed by atoms with Crippen molar-refractivity contribution in [2.75, 3.05) is 12.4 Å². The first kappa shape index (κ1) is 13.9. The van der Waals surface area contributed by atoms with Gasteiger partial charge in [-0.05, 0) is 30.3 Å². The van der Waals surface area contributed by atoms with Gasteiger partial charge >= 0.3 is 6.03 Å². The van der Waals surface area contributed by atoms with Crippen LogP contribution in [0, 0.1) is 5.82 Å². The minimum Gasteiger partial charge on any atom is -0.497 e. The molecule has 0 aliphatic rings. The third kappa shape index (κ3) is 3.71. The van der Waals surface area contributed by atoms with Gasteiger partial charge < -0.3 is 15.4 Å². The Labute approximate surface area is 116 Å². The molecule has 0 aliphatic heterocycles. The van der Waals surface area contributed by atoms with Gasteiger partial charge in [0.1, 0.15) is 11.6 Å². The second kappa shape index (κ2) is 6.56. The van der Waals surface area contributed by atoms with Crippen molar-refractivity contribution in [1.29, 1.82) is 0 Å². The Hall–Kier alpha value is -2.56. The number of halogens is 1. The number of carbonyl (C=O) groups is 1. The first-order chi connectivity index (χ1) is 9.69. The number of methoxy groups -OCH3 is 1. The molecule has 0 aromatic heterocycles. The average Bonchev–Trinajstić information content (AvgIpc) is 2.47.